The average Bonchev–Trinajstić information content (AvgIpc) is 2.51. The Labute approximate surface area is 138 Å². The quantitative estimate of drug-likeness (QED) is 0.906. The van der Waals surface area contributed by atoms with Gasteiger partial charge in [0, 0.05) is 35.0 Å². The first-order valence-corrected chi connectivity index (χ1v) is 8.13. The van der Waals surface area contributed by atoms with Gasteiger partial charge in [-0.15, -0.1) is 0 Å². The van der Waals surface area contributed by atoms with E-state index in [-0.39, 0.29) is 0 Å². The Hall–Kier alpha value is -1.66. The van der Waals surface area contributed by atoms with Gasteiger partial charge in [0.1, 0.15) is 5.82 Å². The second-order valence-corrected chi connectivity index (χ2v) is 6.24. The fraction of sp³-hybridized carbons (Fsp3) is 0.375. The molecule has 3 rings (SSSR count). The van der Waals surface area contributed by atoms with E-state index in [1.165, 1.54) is 5.56 Å². The van der Waals surface area contributed by atoms with Crippen molar-refractivity contribution in [1.29, 1.82) is 0 Å². The number of rotatable bonds is 3. The van der Waals surface area contributed by atoms with E-state index in [2.05, 4.69) is 55.2 Å². The molecule has 1 saturated heterocycles. The number of hydrogen-bond acceptors (Lipinski definition) is 5. The first-order chi connectivity index (χ1) is 10.6. The molecule has 22 heavy (non-hydrogen) atoms. The lowest BCUT2D eigenvalue weighted by molar-refractivity contribution is 0.122. The molecule has 0 aliphatic carbocycles. The molecule has 0 amide bonds. The van der Waals surface area contributed by atoms with Gasteiger partial charge in [0.15, 0.2) is 0 Å². The SMILES string of the molecule is Cc1cc(Nc2ccc(C)c(Br)c2)nc(N2CCOCC2)n1. The second-order valence-electron chi connectivity index (χ2n) is 5.38. The van der Waals surface area contributed by atoms with Crippen LogP contribution in [0.3, 0.4) is 0 Å². The van der Waals surface area contributed by atoms with Crippen LogP contribution in [0.5, 0.6) is 0 Å². The largest absolute Gasteiger partial charge is 0.378 e. The average molecular weight is 363 g/mol. The summed E-state index contributed by atoms with van der Waals surface area (Å²) in [6.07, 6.45) is 0. The molecule has 0 spiro atoms. The molecule has 0 atom stereocenters. The Morgan fingerprint density at radius 3 is 2.64 bits per heavy atom. The van der Waals surface area contributed by atoms with Gasteiger partial charge in [-0.05, 0) is 31.5 Å². The second kappa shape index (κ2) is 6.62. The van der Waals surface area contributed by atoms with Crippen molar-refractivity contribution in [3.05, 3.63) is 40.0 Å². The minimum Gasteiger partial charge on any atom is -0.378 e. The molecule has 116 valence electrons. The minimum absolute atomic E-state index is 0.727. The van der Waals surface area contributed by atoms with E-state index < -0.39 is 0 Å². The highest BCUT2D eigenvalue weighted by Gasteiger charge is 2.15. The van der Waals surface area contributed by atoms with Crippen LogP contribution in [0.15, 0.2) is 28.7 Å². The summed E-state index contributed by atoms with van der Waals surface area (Å²) in [5, 5.41) is 3.35. The van der Waals surface area contributed by atoms with E-state index in [4.69, 9.17) is 4.74 Å². The Morgan fingerprint density at radius 1 is 1.14 bits per heavy atom. The normalized spacial score (nSPS) is 15.0. The molecular weight excluding hydrogens is 344 g/mol. The van der Waals surface area contributed by atoms with Crippen LogP contribution in [0, 0.1) is 13.8 Å². The highest BCUT2D eigenvalue weighted by Crippen LogP contribution is 2.24. The summed E-state index contributed by atoms with van der Waals surface area (Å²) < 4.78 is 6.46. The molecule has 0 unspecified atom stereocenters. The van der Waals surface area contributed by atoms with Gasteiger partial charge in [0.05, 0.1) is 13.2 Å². The summed E-state index contributed by atoms with van der Waals surface area (Å²) in [7, 11) is 0. The van der Waals surface area contributed by atoms with Crippen molar-refractivity contribution in [3.63, 3.8) is 0 Å². The predicted octanol–water partition coefficient (Wildman–Crippen LogP) is 3.44. The van der Waals surface area contributed by atoms with Crippen molar-refractivity contribution in [2.45, 2.75) is 13.8 Å². The van der Waals surface area contributed by atoms with E-state index in [1.807, 2.05) is 19.1 Å². The fourth-order valence-corrected chi connectivity index (χ4v) is 2.72. The molecule has 1 aliphatic rings. The number of morpholine rings is 1. The lowest BCUT2D eigenvalue weighted by Gasteiger charge is -2.27. The number of aryl methyl sites for hydroxylation is 2. The first-order valence-electron chi connectivity index (χ1n) is 7.33. The molecule has 1 aliphatic heterocycles. The van der Waals surface area contributed by atoms with Crippen molar-refractivity contribution < 1.29 is 4.74 Å². The van der Waals surface area contributed by atoms with Crippen LogP contribution in [0.25, 0.3) is 0 Å². The van der Waals surface area contributed by atoms with Gasteiger partial charge >= 0.3 is 0 Å². The van der Waals surface area contributed by atoms with Crippen molar-refractivity contribution >= 4 is 33.4 Å². The third-order valence-electron chi connectivity index (χ3n) is 3.58. The number of ether oxygens (including phenoxy) is 1. The summed E-state index contributed by atoms with van der Waals surface area (Å²) in [6.45, 7) is 7.18. The van der Waals surface area contributed by atoms with Gasteiger partial charge in [-0.3, -0.25) is 0 Å². The van der Waals surface area contributed by atoms with Crippen LogP contribution in [-0.2, 0) is 4.74 Å². The number of hydrogen-bond donors (Lipinski definition) is 1. The van der Waals surface area contributed by atoms with Crippen LogP contribution in [-0.4, -0.2) is 36.3 Å². The molecule has 1 fully saturated rings. The smallest absolute Gasteiger partial charge is 0.227 e. The molecule has 2 aromatic rings. The van der Waals surface area contributed by atoms with Crippen LogP contribution in [0.4, 0.5) is 17.5 Å². The Balaban J connectivity index is 1.83. The molecule has 0 radical (unpaired) electrons. The number of halogens is 1. The Bertz CT molecular complexity index is 671. The summed E-state index contributed by atoms with van der Waals surface area (Å²) in [5.74, 6) is 1.57. The zero-order valence-electron chi connectivity index (χ0n) is 12.8. The van der Waals surface area contributed by atoms with E-state index in [1.54, 1.807) is 0 Å². The topological polar surface area (TPSA) is 50.3 Å². The highest BCUT2D eigenvalue weighted by atomic mass is 79.9. The summed E-state index contributed by atoms with van der Waals surface area (Å²) in [4.78, 5) is 11.3. The van der Waals surface area contributed by atoms with E-state index in [0.29, 0.717) is 0 Å². The van der Waals surface area contributed by atoms with Crippen LogP contribution in [0.2, 0.25) is 0 Å². The summed E-state index contributed by atoms with van der Waals surface area (Å²) in [5.41, 5.74) is 3.16. The number of anilines is 3. The molecule has 1 aromatic heterocycles. The van der Waals surface area contributed by atoms with Gasteiger partial charge in [-0.25, -0.2) is 4.98 Å². The monoisotopic (exact) mass is 362 g/mol. The van der Waals surface area contributed by atoms with E-state index in [9.17, 15) is 0 Å². The lowest BCUT2D eigenvalue weighted by atomic mass is 10.2. The van der Waals surface area contributed by atoms with Crippen molar-refractivity contribution in [2.24, 2.45) is 0 Å². The molecule has 1 N–H and O–H groups in total. The number of aromatic nitrogens is 2. The molecule has 0 saturated carbocycles. The molecule has 6 heteroatoms. The van der Waals surface area contributed by atoms with Crippen LogP contribution >= 0.6 is 15.9 Å². The molecular formula is C16H19BrN4O. The minimum atomic E-state index is 0.727. The van der Waals surface area contributed by atoms with Gasteiger partial charge in [0.2, 0.25) is 5.95 Å². The highest BCUT2D eigenvalue weighted by molar-refractivity contribution is 9.10. The predicted molar refractivity (Wildman–Crippen MR) is 92.0 cm³/mol. The summed E-state index contributed by atoms with van der Waals surface area (Å²) in [6, 6.07) is 8.13. The van der Waals surface area contributed by atoms with Gasteiger partial charge in [-0.2, -0.15) is 4.98 Å². The molecule has 2 heterocycles. The molecule has 0 bridgehead atoms. The maximum atomic E-state index is 5.38. The molecule has 1 aromatic carbocycles. The fourth-order valence-electron chi connectivity index (χ4n) is 2.34. The van der Waals surface area contributed by atoms with E-state index in [0.717, 1.165) is 53.9 Å². The summed E-state index contributed by atoms with van der Waals surface area (Å²) >= 11 is 3.56. The van der Waals surface area contributed by atoms with Gasteiger partial charge < -0.3 is 15.0 Å². The third-order valence-corrected chi connectivity index (χ3v) is 4.43. The number of benzene rings is 1. The maximum Gasteiger partial charge on any atom is 0.227 e. The first kappa shape index (κ1) is 15.2. The zero-order valence-corrected chi connectivity index (χ0v) is 14.4. The van der Waals surface area contributed by atoms with Crippen molar-refractivity contribution in [1.82, 2.24) is 9.97 Å². The number of nitrogens with one attached hydrogen (secondary N) is 1. The number of nitrogens with zero attached hydrogens (tertiary/aromatic N) is 3. The Morgan fingerprint density at radius 2 is 1.91 bits per heavy atom. The standard InChI is InChI=1S/C16H19BrN4O/c1-11-3-4-13(10-14(11)17)19-15-9-12(2)18-16(20-15)21-5-7-22-8-6-21/h3-4,9-10H,5-8H2,1-2H3,(H,18,19,20). The lowest BCUT2D eigenvalue weighted by Crippen LogP contribution is -2.37. The van der Waals surface area contributed by atoms with Gasteiger partial charge in [0.25, 0.3) is 0 Å². The van der Waals surface area contributed by atoms with Crippen molar-refractivity contribution in [3.8, 4) is 0 Å². The van der Waals surface area contributed by atoms with E-state index >= 15 is 0 Å². The van der Waals surface area contributed by atoms with Crippen LogP contribution < -0.4 is 10.2 Å². The third kappa shape index (κ3) is 3.56. The maximum absolute atomic E-state index is 5.38. The van der Waals surface area contributed by atoms with Crippen molar-refractivity contribution in [2.75, 3.05) is 36.5 Å². The van der Waals surface area contributed by atoms with Crippen LogP contribution in [0.1, 0.15) is 11.3 Å². The molecule has 5 nitrogen and oxygen atoms in total. The van der Waals surface area contributed by atoms with Gasteiger partial charge in [-0.1, -0.05) is 22.0 Å². The Kier molecular flexibility index (Phi) is 4.59. The zero-order chi connectivity index (χ0) is 15.5.